The highest BCUT2D eigenvalue weighted by molar-refractivity contribution is 8.69. The molecule has 0 aliphatic heterocycles. The minimum atomic E-state index is -4.03. The number of hydrogen-bond donors (Lipinski definition) is 1. The number of rotatable bonds is 2. The summed E-state index contributed by atoms with van der Waals surface area (Å²) in [6.45, 7) is 0. The molecule has 0 unspecified atom stereocenters. The van der Waals surface area contributed by atoms with Crippen LogP contribution >= 0.6 is 10.8 Å². The molecule has 0 atom stereocenters. The normalized spacial score (nSPS) is 11.8. The van der Waals surface area contributed by atoms with Gasteiger partial charge in [-0.2, -0.15) is 8.42 Å². The van der Waals surface area contributed by atoms with E-state index in [9.17, 15) is 8.42 Å². The van der Waals surface area contributed by atoms with E-state index in [1.807, 2.05) is 30.3 Å². The molecule has 0 heterocycles. The van der Waals surface area contributed by atoms with Crippen molar-refractivity contribution in [3.8, 4) is 0 Å². The molecule has 3 nitrogen and oxygen atoms in total. The fourth-order valence-electron chi connectivity index (χ4n) is 1.34. The molecule has 2 aromatic carbocycles. The molecule has 0 bridgehead atoms. The van der Waals surface area contributed by atoms with Gasteiger partial charge < -0.3 is 0 Å². The van der Waals surface area contributed by atoms with Crippen LogP contribution in [-0.4, -0.2) is 13.0 Å². The van der Waals surface area contributed by atoms with E-state index in [4.69, 9.17) is 4.55 Å². The lowest BCUT2D eigenvalue weighted by molar-refractivity contribution is 0.503. The second kappa shape index (κ2) is 3.84. The zero-order valence-corrected chi connectivity index (χ0v) is 9.25. The van der Waals surface area contributed by atoms with Crippen LogP contribution in [0.4, 0.5) is 0 Å². The predicted molar refractivity (Wildman–Crippen MR) is 61.4 cm³/mol. The first-order chi connectivity index (χ1) is 7.04. The molecule has 0 aromatic heterocycles. The Morgan fingerprint density at radius 1 is 1.00 bits per heavy atom. The molecule has 0 spiro atoms. The lowest BCUT2D eigenvalue weighted by Crippen LogP contribution is -1.88. The van der Waals surface area contributed by atoms with Crippen molar-refractivity contribution in [2.75, 3.05) is 0 Å². The number of benzene rings is 2. The first-order valence-electron chi connectivity index (χ1n) is 4.20. The lowest BCUT2D eigenvalue weighted by atomic mass is 10.1. The quantitative estimate of drug-likeness (QED) is 0.647. The fraction of sp³-hybridized carbons (Fsp3) is 0. The van der Waals surface area contributed by atoms with Crippen LogP contribution in [-0.2, 0) is 9.15 Å². The monoisotopic (exact) mass is 240 g/mol. The molecular weight excluding hydrogens is 232 g/mol. The van der Waals surface area contributed by atoms with Gasteiger partial charge in [-0.3, -0.25) is 4.55 Å². The van der Waals surface area contributed by atoms with E-state index in [1.165, 1.54) is 0 Å². The molecule has 1 N–H and O–H groups in total. The summed E-state index contributed by atoms with van der Waals surface area (Å²) in [7, 11) is -3.59. The highest BCUT2D eigenvalue weighted by Crippen LogP contribution is 2.26. The van der Waals surface area contributed by atoms with E-state index < -0.39 is 9.15 Å². The minimum Gasteiger partial charge on any atom is -0.277 e. The average molecular weight is 240 g/mol. The molecule has 2 rings (SSSR count). The summed E-state index contributed by atoms with van der Waals surface area (Å²) in [5, 5.41) is 1.99. The minimum absolute atomic E-state index is 0.443. The Morgan fingerprint density at radius 2 is 1.67 bits per heavy atom. The van der Waals surface area contributed by atoms with Crippen LogP contribution in [0, 0.1) is 0 Å². The first kappa shape index (κ1) is 10.5. The van der Waals surface area contributed by atoms with Gasteiger partial charge in [0.15, 0.2) is 0 Å². The molecule has 0 fully saturated rings. The van der Waals surface area contributed by atoms with Gasteiger partial charge in [0, 0.05) is 15.7 Å². The van der Waals surface area contributed by atoms with Crippen LogP contribution in [0.15, 0.2) is 47.4 Å². The van der Waals surface area contributed by atoms with Gasteiger partial charge >= 0.3 is 9.15 Å². The third-order valence-corrected chi connectivity index (χ3v) is 3.79. The van der Waals surface area contributed by atoms with Crippen LogP contribution in [0.25, 0.3) is 10.8 Å². The average Bonchev–Trinajstić information content (AvgIpc) is 2.15. The molecule has 0 radical (unpaired) electrons. The maximum atomic E-state index is 10.7. The van der Waals surface area contributed by atoms with Gasteiger partial charge in [-0.1, -0.05) is 30.3 Å². The van der Waals surface area contributed by atoms with Crippen LogP contribution < -0.4 is 0 Å². The SMILES string of the molecule is O=S(=O)(O)Sc1ccc2ccccc2c1. The smallest absolute Gasteiger partial charge is 0.277 e. The predicted octanol–water partition coefficient (Wildman–Crippen LogP) is 2.73. The molecule has 0 amide bonds. The number of hydrogen-bond acceptors (Lipinski definition) is 3. The first-order valence-corrected chi connectivity index (χ1v) is 6.98. The van der Waals surface area contributed by atoms with Crippen molar-refractivity contribution in [2.45, 2.75) is 4.90 Å². The van der Waals surface area contributed by atoms with Crippen LogP contribution in [0.2, 0.25) is 0 Å². The van der Waals surface area contributed by atoms with E-state index in [1.54, 1.807) is 12.1 Å². The van der Waals surface area contributed by atoms with Crippen molar-refractivity contribution in [1.29, 1.82) is 0 Å². The molecular formula is C10H8O3S2. The van der Waals surface area contributed by atoms with Gasteiger partial charge in [-0.15, -0.1) is 0 Å². The Labute approximate surface area is 91.3 Å². The second-order valence-corrected chi connectivity index (χ2v) is 6.28. The van der Waals surface area contributed by atoms with Crippen molar-refractivity contribution >= 4 is 30.7 Å². The van der Waals surface area contributed by atoms with Crippen molar-refractivity contribution in [3.05, 3.63) is 42.5 Å². The highest BCUT2D eigenvalue weighted by atomic mass is 33.1. The molecule has 2 aromatic rings. The standard InChI is InChI=1S/C10H8O3S2/c11-15(12,13)14-10-6-5-8-3-1-2-4-9(8)7-10/h1-7H,(H,11,12,13). The van der Waals surface area contributed by atoms with Gasteiger partial charge in [0.05, 0.1) is 0 Å². The number of fused-ring (bicyclic) bond motifs is 1. The Balaban J connectivity index is 2.48. The summed E-state index contributed by atoms with van der Waals surface area (Å²) in [6, 6.07) is 12.8. The second-order valence-electron chi connectivity index (χ2n) is 3.02. The molecule has 0 aliphatic rings. The third kappa shape index (κ3) is 2.71. The van der Waals surface area contributed by atoms with Gasteiger partial charge in [-0.25, -0.2) is 0 Å². The lowest BCUT2D eigenvalue weighted by Gasteiger charge is -2.00. The van der Waals surface area contributed by atoms with Crippen molar-refractivity contribution in [2.24, 2.45) is 0 Å². The van der Waals surface area contributed by atoms with Gasteiger partial charge in [-0.05, 0) is 22.9 Å². The topological polar surface area (TPSA) is 54.4 Å². The summed E-state index contributed by atoms with van der Waals surface area (Å²) < 4.78 is 30.0. The van der Waals surface area contributed by atoms with E-state index in [0.717, 1.165) is 10.8 Å². The van der Waals surface area contributed by atoms with E-state index in [2.05, 4.69) is 0 Å². The van der Waals surface area contributed by atoms with Gasteiger partial charge in [0.2, 0.25) is 0 Å². The van der Waals surface area contributed by atoms with Crippen molar-refractivity contribution in [1.82, 2.24) is 0 Å². The van der Waals surface area contributed by atoms with Crippen LogP contribution in [0.1, 0.15) is 0 Å². The summed E-state index contributed by atoms with van der Waals surface area (Å²) >= 11 is 0. The Bertz CT molecular complexity index is 590. The molecule has 78 valence electrons. The third-order valence-electron chi connectivity index (χ3n) is 1.92. The molecule has 0 saturated heterocycles. The van der Waals surface area contributed by atoms with E-state index >= 15 is 0 Å². The Hall–Kier alpha value is -1.04. The van der Waals surface area contributed by atoms with Crippen LogP contribution in [0.3, 0.4) is 0 Å². The summed E-state index contributed by atoms with van der Waals surface area (Å²) in [4.78, 5) is 0.510. The van der Waals surface area contributed by atoms with Crippen molar-refractivity contribution < 1.29 is 13.0 Å². The Morgan fingerprint density at radius 3 is 2.33 bits per heavy atom. The Kier molecular flexibility index (Phi) is 2.68. The summed E-state index contributed by atoms with van der Waals surface area (Å²) in [6.07, 6.45) is 0. The van der Waals surface area contributed by atoms with Gasteiger partial charge in [0.1, 0.15) is 0 Å². The summed E-state index contributed by atoms with van der Waals surface area (Å²) in [5.74, 6) is 0. The fourth-order valence-corrected chi connectivity index (χ4v) is 2.92. The zero-order valence-electron chi connectivity index (χ0n) is 7.62. The molecule has 0 aliphatic carbocycles. The largest absolute Gasteiger partial charge is 0.324 e. The molecule has 5 heteroatoms. The van der Waals surface area contributed by atoms with E-state index in [-0.39, 0.29) is 0 Å². The molecule has 15 heavy (non-hydrogen) atoms. The van der Waals surface area contributed by atoms with Gasteiger partial charge in [0.25, 0.3) is 0 Å². The highest BCUT2D eigenvalue weighted by Gasteiger charge is 2.07. The zero-order chi connectivity index (χ0) is 10.9. The molecule has 0 saturated carbocycles. The van der Waals surface area contributed by atoms with E-state index in [0.29, 0.717) is 15.7 Å². The maximum absolute atomic E-state index is 10.7. The maximum Gasteiger partial charge on any atom is 0.324 e. The van der Waals surface area contributed by atoms with Crippen molar-refractivity contribution in [3.63, 3.8) is 0 Å². The van der Waals surface area contributed by atoms with Crippen LogP contribution in [0.5, 0.6) is 0 Å². The summed E-state index contributed by atoms with van der Waals surface area (Å²) in [5.41, 5.74) is 0.